The number of carbonyl (C=O) groups excluding carboxylic acids is 1. The van der Waals surface area contributed by atoms with Gasteiger partial charge in [-0.25, -0.2) is 8.42 Å². The molecule has 1 amide bonds. The molecule has 2 aromatic carbocycles. The van der Waals surface area contributed by atoms with Crippen molar-refractivity contribution in [3.8, 4) is 0 Å². The summed E-state index contributed by atoms with van der Waals surface area (Å²) in [7, 11) is -3.72. The molecule has 0 saturated carbocycles. The summed E-state index contributed by atoms with van der Waals surface area (Å²) < 4.78 is 27.4. The van der Waals surface area contributed by atoms with Crippen LogP contribution in [0, 0.1) is 5.92 Å². The summed E-state index contributed by atoms with van der Waals surface area (Å²) in [6.07, 6.45) is 2.14. The lowest BCUT2D eigenvalue weighted by Crippen LogP contribution is -2.39. The highest BCUT2D eigenvalue weighted by Crippen LogP contribution is 2.21. The number of carbonyl (C=O) groups is 1. The Hall–Kier alpha value is -2.05. The van der Waals surface area contributed by atoms with Crippen molar-refractivity contribution >= 4 is 33.2 Å². The summed E-state index contributed by atoms with van der Waals surface area (Å²) in [6.45, 7) is 3.63. The van der Waals surface area contributed by atoms with E-state index in [0.29, 0.717) is 22.2 Å². The lowest BCUT2D eigenvalue weighted by molar-refractivity contribution is 0.0683. The van der Waals surface area contributed by atoms with E-state index in [1.54, 1.807) is 36.4 Å². The van der Waals surface area contributed by atoms with Crippen LogP contribution in [0.3, 0.4) is 0 Å². The molecule has 1 aliphatic rings. The summed E-state index contributed by atoms with van der Waals surface area (Å²) in [5.74, 6) is 0.446. The molecule has 0 spiro atoms. The molecule has 7 heteroatoms. The standard InChI is InChI=1S/C19H21ClN2O3S/c1-14-3-2-12-22(13-14)19(23)15-4-10-18(11-5-15)26(24,25)21-17-8-6-16(20)7-9-17/h4-11,14,21H,2-3,12-13H2,1H3. The first kappa shape index (κ1) is 18.7. The Bertz CT molecular complexity index is 880. The van der Waals surface area contributed by atoms with Crippen LogP contribution in [-0.4, -0.2) is 32.3 Å². The average molecular weight is 393 g/mol. The number of hydrogen-bond donors (Lipinski definition) is 1. The summed E-state index contributed by atoms with van der Waals surface area (Å²) in [6, 6.07) is 12.5. The van der Waals surface area contributed by atoms with Crippen LogP contribution < -0.4 is 4.72 Å². The van der Waals surface area contributed by atoms with Crippen LogP contribution in [0.5, 0.6) is 0 Å². The number of rotatable bonds is 4. The van der Waals surface area contributed by atoms with Gasteiger partial charge in [0.15, 0.2) is 0 Å². The van der Waals surface area contributed by atoms with E-state index < -0.39 is 10.0 Å². The zero-order valence-electron chi connectivity index (χ0n) is 14.5. The topological polar surface area (TPSA) is 66.5 Å². The lowest BCUT2D eigenvalue weighted by Gasteiger charge is -2.31. The Morgan fingerprint density at radius 1 is 1.12 bits per heavy atom. The fourth-order valence-corrected chi connectivity index (χ4v) is 4.25. The number of hydrogen-bond acceptors (Lipinski definition) is 3. The summed E-state index contributed by atoms with van der Waals surface area (Å²) in [4.78, 5) is 14.5. The van der Waals surface area contributed by atoms with Crippen molar-refractivity contribution in [1.29, 1.82) is 0 Å². The minimum Gasteiger partial charge on any atom is -0.338 e. The van der Waals surface area contributed by atoms with E-state index in [4.69, 9.17) is 11.6 Å². The van der Waals surface area contributed by atoms with Crippen molar-refractivity contribution in [3.05, 3.63) is 59.1 Å². The van der Waals surface area contributed by atoms with Gasteiger partial charge in [-0.15, -0.1) is 0 Å². The van der Waals surface area contributed by atoms with Gasteiger partial charge in [0, 0.05) is 29.4 Å². The van der Waals surface area contributed by atoms with Crippen LogP contribution in [0.1, 0.15) is 30.1 Å². The quantitative estimate of drug-likeness (QED) is 0.854. The third kappa shape index (κ3) is 4.37. The molecule has 2 aromatic rings. The highest BCUT2D eigenvalue weighted by Gasteiger charge is 2.22. The van der Waals surface area contributed by atoms with Crippen LogP contribution in [0.15, 0.2) is 53.4 Å². The van der Waals surface area contributed by atoms with Crippen molar-refractivity contribution in [1.82, 2.24) is 4.90 Å². The zero-order valence-corrected chi connectivity index (χ0v) is 16.1. The summed E-state index contributed by atoms with van der Waals surface area (Å²) in [5, 5.41) is 0.530. The van der Waals surface area contributed by atoms with E-state index in [1.807, 2.05) is 4.90 Å². The second kappa shape index (κ2) is 7.68. The maximum atomic E-state index is 12.6. The molecular formula is C19H21ClN2O3S. The van der Waals surface area contributed by atoms with Crippen molar-refractivity contribution in [3.63, 3.8) is 0 Å². The molecule has 1 heterocycles. The molecule has 1 unspecified atom stereocenters. The van der Waals surface area contributed by atoms with Crippen LogP contribution in [-0.2, 0) is 10.0 Å². The van der Waals surface area contributed by atoms with Crippen LogP contribution in [0.4, 0.5) is 5.69 Å². The number of nitrogens with one attached hydrogen (secondary N) is 1. The first-order valence-electron chi connectivity index (χ1n) is 8.53. The van der Waals surface area contributed by atoms with E-state index >= 15 is 0 Å². The van der Waals surface area contributed by atoms with Gasteiger partial charge in [0.2, 0.25) is 0 Å². The minimum atomic E-state index is -3.72. The van der Waals surface area contributed by atoms with Crippen molar-refractivity contribution in [2.24, 2.45) is 5.92 Å². The average Bonchev–Trinajstić information content (AvgIpc) is 2.63. The van der Waals surface area contributed by atoms with Gasteiger partial charge in [0.25, 0.3) is 15.9 Å². The minimum absolute atomic E-state index is 0.0499. The van der Waals surface area contributed by atoms with Crippen molar-refractivity contribution < 1.29 is 13.2 Å². The van der Waals surface area contributed by atoms with Gasteiger partial charge in [-0.3, -0.25) is 9.52 Å². The highest BCUT2D eigenvalue weighted by atomic mass is 35.5. The van der Waals surface area contributed by atoms with E-state index in [9.17, 15) is 13.2 Å². The molecule has 1 fully saturated rings. The molecular weight excluding hydrogens is 372 g/mol. The first-order valence-corrected chi connectivity index (χ1v) is 10.4. The van der Waals surface area contributed by atoms with Gasteiger partial charge in [-0.05, 0) is 67.3 Å². The largest absolute Gasteiger partial charge is 0.338 e. The molecule has 3 rings (SSSR count). The number of nitrogens with zero attached hydrogens (tertiary/aromatic N) is 1. The number of likely N-dealkylation sites (tertiary alicyclic amines) is 1. The number of benzene rings is 2. The van der Waals surface area contributed by atoms with E-state index in [1.165, 1.54) is 12.1 Å². The van der Waals surface area contributed by atoms with Gasteiger partial charge in [0.05, 0.1) is 4.90 Å². The molecule has 26 heavy (non-hydrogen) atoms. The second-order valence-electron chi connectivity index (χ2n) is 6.64. The number of amides is 1. The lowest BCUT2D eigenvalue weighted by atomic mass is 9.99. The monoisotopic (exact) mass is 392 g/mol. The van der Waals surface area contributed by atoms with Crippen LogP contribution in [0.25, 0.3) is 0 Å². The maximum Gasteiger partial charge on any atom is 0.261 e. The summed E-state index contributed by atoms with van der Waals surface area (Å²) in [5.41, 5.74) is 0.932. The summed E-state index contributed by atoms with van der Waals surface area (Å²) >= 11 is 5.81. The molecule has 1 N–H and O–H groups in total. The van der Waals surface area contributed by atoms with Gasteiger partial charge in [-0.1, -0.05) is 18.5 Å². The molecule has 1 atom stereocenters. The van der Waals surface area contributed by atoms with Crippen molar-refractivity contribution in [2.45, 2.75) is 24.7 Å². The van der Waals surface area contributed by atoms with E-state index in [2.05, 4.69) is 11.6 Å². The SMILES string of the molecule is CC1CCCN(C(=O)c2ccc(S(=O)(=O)Nc3ccc(Cl)cc3)cc2)C1. The number of anilines is 1. The maximum absolute atomic E-state index is 12.6. The predicted molar refractivity (Wildman–Crippen MR) is 103 cm³/mol. The third-order valence-electron chi connectivity index (χ3n) is 4.45. The van der Waals surface area contributed by atoms with Gasteiger partial charge in [0.1, 0.15) is 0 Å². The highest BCUT2D eigenvalue weighted by molar-refractivity contribution is 7.92. The van der Waals surface area contributed by atoms with E-state index in [0.717, 1.165) is 25.9 Å². The zero-order chi connectivity index (χ0) is 18.7. The molecule has 0 aliphatic carbocycles. The molecule has 5 nitrogen and oxygen atoms in total. The molecule has 1 saturated heterocycles. The number of sulfonamides is 1. The molecule has 0 aromatic heterocycles. The Morgan fingerprint density at radius 3 is 2.38 bits per heavy atom. The Morgan fingerprint density at radius 2 is 1.77 bits per heavy atom. The fourth-order valence-electron chi connectivity index (χ4n) is 3.07. The van der Waals surface area contributed by atoms with Crippen molar-refractivity contribution in [2.75, 3.05) is 17.8 Å². The fraction of sp³-hybridized carbons (Fsp3) is 0.316. The smallest absolute Gasteiger partial charge is 0.261 e. The predicted octanol–water partition coefficient (Wildman–Crippen LogP) is 4.01. The van der Waals surface area contributed by atoms with Crippen LogP contribution >= 0.6 is 11.6 Å². The first-order chi connectivity index (χ1) is 12.3. The van der Waals surface area contributed by atoms with Gasteiger partial charge >= 0.3 is 0 Å². The Kier molecular flexibility index (Phi) is 5.53. The van der Waals surface area contributed by atoms with Crippen LogP contribution in [0.2, 0.25) is 5.02 Å². The Labute approximate surface area is 159 Å². The molecule has 0 bridgehead atoms. The normalized spacial score (nSPS) is 17.8. The van der Waals surface area contributed by atoms with E-state index in [-0.39, 0.29) is 10.8 Å². The third-order valence-corrected chi connectivity index (χ3v) is 6.10. The second-order valence-corrected chi connectivity index (χ2v) is 8.75. The molecule has 1 aliphatic heterocycles. The Balaban J connectivity index is 1.73. The van der Waals surface area contributed by atoms with Gasteiger partial charge < -0.3 is 4.90 Å². The van der Waals surface area contributed by atoms with Gasteiger partial charge in [-0.2, -0.15) is 0 Å². The number of halogens is 1. The number of piperidine rings is 1. The molecule has 0 radical (unpaired) electrons. The molecule has 138 valence electrons.